The van der Waals surface area contributed by atoms with Gasteiger partial charge in [0.2, 0.25) is 0 Å². The number of carbonyl (C=O) groups is 4. The maximum absolute atomic E-state index is 11.2. The molecule has 0 heterocycles. The maximum Gasteiger partial charge on any atom is 0.317 e. The van der Waals surface area contributed by atoms with Gasteiger partial charge in [-0.1, -0.05) is 12.1 Å². The van der Waals surface area contributed by atoms with Gasteiger partial charge in [0.25, 0.3) is 0 Å². The van der Waals surface area contributed by atoms with Crippen molar-refractivity contribution in [1.29, 1.82) is 0 Å². The molecule has 0 aliphatic rings. The van der Waals surface area contributed by atoms with Crippen LogP contribution < -0.4 is 5.73 Å². The molecular formula is C16H21N3O8. The molecule has 27 heavy (non-hydrogen) atoms. The van der Waals surface area contributed by atoms with Gasteiger partial charge in [-0.25, -0.2) is 0 Å². The van der Waals surface area contributed by atoms with Crippen LogP contribution >= 0.6 is 0 Å². The molecule has 6 N–H and O–H groups in total. The fraction of sp³-hybridized carbons (Fsp3) is 0.375. The number of anilines is 1. The highest BCUT2D eigenvalue weighted by molar-refractivity contribution is 5.73. The Morgan fingerprint density at radius 1 is 0.778 bits per heavy atom. The van der Waals surface area contributed by atoms with Crippen molar-refractivity contribution in [2.24, 2.45) is 0 Å². The molecule has 1 aromatic rings. The molecule has 0 spiro atoms. The quantitative estimate of drug-likeness (QED) is 0.286. The first kappa shape index (κ1) is 21.9. The van der Waals surface area contributed by atoms with Crippen molar-refractivity contribution in [3.05, 3.63) is 29.8 Å². The second-order valence-corrected chi connectivity index (χ2v) is 5.83. The zero-order valence-electron chi connectivity index (χ0n) is 14.3. The second kappa shape index (κ2) is 10.1. The lowest BCUT2D eigenvalue weighted by atomic mass is 10.0. The van der Waals surface area contributed by atoms with Gasteiger partial charge in [0.15, 0.2) is 0 Å². The molecule has 0 aromatic heterocycles. The van der Waals surface area contributed by atoms with Crippen molar-refractivity contribution in [3.63, 3.8) is 0 Å². The fourth-order valence-electron chi connectivity index (χ4n) is 2.59. The van der Waals surface area contributed by atoms with Gasteiger partial charge >= 0.3 is 23.9 Å². The van der Waals surface area contributed by atoms with Crippen LogP contribution in [0.2, 0.25) is 0 Å². The van der Waals surface area contributed by atoms with E-state index in [9.17, 15) is 19.2 Å². The number of rotatable bonds is 12. The molecule has 0 fully saturated rings. The lowest BCUT2D eigenvalue weighted by molar-refractivity contribution is -0.146. The van der Waals surface area contributed by atoms with Crippen LogP contribution in [0.25, 0.3) is 0 Å². The van der Waals surface area contributed by atoms with E-state index in [1.54, 1.807) is 12.1 Å². The van der Waals surface area contributed by atoms with Gasteiger partial charge < -0.3 is 26.2 Å². The number of carboxylic acids is 4. The summed E-state index contributed by atoms with van der Waals surface area (Å²) >= 11 is 0. The Labute approximate surface area is 154 Å². The Balaban J connectivity index is 3.25. The van der Waals surface area contributed by atoms with Crippen molar-refractivity contribution in [3.8, 4) is 0 Å². The minimum absolute atomic E-state index is 0.205. The number of nitrogen functional groups attached to an aromatic ring is 1. The highest BCUT2D eigenvalue weighted by Gasteiger charge is 2.28. The van der Waals surface area contributed by atoms with Gasteiger partial charge in [0, 0.05) is 18.3 Å². The number of benzene rings is 1. The normalized spacial score (nSPS) is 12.1. The van der Waals surface area contributed by atoms with Crippen molar-refractivity contribution in [1.82, 2.24) is 9.80 Å². The first-order chi connectivity index (χ1) is 12.6. The van der Waals surface area contributed by atoms with E-state index < -0.39 is 56.1 Å². The summed E-state index contributed by atoms with van der Waals surface area (Å²) in [6, 6.07) is 5.28. The molecule has 0 aliphatic heterocycles. The Morgan fingerprint density at radius 2 is 1.19 bits per heavy atom. The minimum atomic E-state index is -1.28. The predicted octanol–water partition coefficient (Wildman–Crippen LogP) is -0.748. The first-order valence-electron chi connectivity index (χ1n) is 7.77. The van der Waals surface area contributed by atoms with Crippen molar-refractivity contribution < 1.29 is 39.6 Å². The molecule has 0 bridgehead atoms. The molecule has 0 radical (unpaired) electrons. The molecule has 1 rings (SSSR count). The standard InChI is InChI=1S/C16H21N3O8/c17-11-3-1-10(2-4-11)12(19(8-15(24)25)9-16(26)27)5-18(6-13(20)21)7-14(22)23/h1-4,12H,5-9,17H2,(H,20,21)(H,22,23)(H,24,25)(H,26,27)/t12-/m0/s1. The monoisotopic (exact) mass is 383 g/mol. The largest absolute Gasteiger partial charge is 0.480 e. The van der Waals surface area contributed by atoms with E-state index >= 15 is 0 Å². The van der Waals surface area contributed by atoms with Crippen LogP contribution in [0.15, 0.2) is 24.3 Å². The van der Waals surface area contributed by atoms with Gasteiger partial charge in [-0.15, -0.1) is 0 Å². The molecule has 0 unspecified atom stereocenters. The van der Waals surface area contributed by atoms with Crippen LogP contribution in [0, 0.1) is 0 Å². The van der Waals surface area contributed by atoms with E-state index in [-0.39, 0.29) is 6.54 Å². The third kappa shape index (κ3) is 8.16. The molecule has 0 saturated carbocycles. The van der Waals surface area contributed by atoms with Crippen LogP contribution in [0.5, 0.6) is 0 Å². The fourth-order valence-corrected chi connectivity index (χ4v) is 2.59. The molecule has 11 heteroatoms. The van der Waals surface area contributed by atoms with Gasteiger partial charge in [-0.2, -0.15) is 0 Å². The summed E-state index contributed by atoms with van der Waals surface area (Å²) < 4.78 is 0. The van der Waals surface area contributed by atoms with Gasteiger partial charge in [0.05, 0.1) is 26.2 Å². The van der Waals surface area contributed by atoms with E-state index in [0.29, 0.717) is 11.3 Å². The van der Waals surface area contributed by atoms with Crippen molar-refractivity contribution in [2.75, 3.05) is 38.5 Å². The summed E-state index contributed by atoms with van der Waals surface area (Å²) in [4.78, 5) is 46.6. The maximum atomic E-state index is 11.2. The third-order valence-electron chi connectivity index (χ3n) is 3.59. The summed E-state index contributed by atoms with van der Waals surface area (Å²) in [6.45, 7) is -2.68. The van der Waals surface area contributed by atoms with Gasteiger partial charge in [0.1, 0.15) is 0 Å². The summed E-state index contributed by atoms with van der Waals surface area (Å²) in [5.74, 6) is -5.09. The SMILES string of the molecule is Nc1ccc([C@H](CN(CC(=O)O)CC(=O)O)N(CC(=O)O)CC(=O)O)cc1. The van der Waals surface area contributed by atoms with Crippen LogP contribution in [0.1, 0.15) is 11.6 Å². The number of aliphatic carboxylic acids is 4. The summed E-state index contributed by atoms with van der Waals surface area (Å²) in [5, 5.41) is 36.2. The van der Waals surface area contributed by atoms with E-state index in [2.05, 4.69) is 0 Å². The summed E-state index contributed by atoms with van der Waals surface area (Å²) in [7, 11) is 0. The van der Waals surface area contributed by atoms with Crippen LogP contribution in [0.3, 0.4) is 0 Å². The lowest BCUT2D eigenvalue weighted by Gasteiger charge is -2.33. The first-order valence-corrected chi connectivity index (χ1v) is 7.77. The molecule has 148 valence electrons. The molecule has 0 aliphatic carbocycles. The Kier molecular flexibility index (Phi) is 8.17. The Hall–Kier alpha value is -3.18. The third-order valence-corrected chi connectivity index (χ3v) is 3.59. The van der Waals surface area contributed by atoms with Gasteiger partial charge in [-0.3, -0.25) is 29.0 Å². The molecule has 0 amide bonds. The topological polar surface area (TPSA) is 182 Å². The van der Waals surface area contributed by atoms with E-state index in [0.717, 1.165) is 9.80 Å². The highest BCUT2D eigenvalue weighted by Crippen LogP contribution is 2.23. The number of nitrogens with two attached hydrogens (primary N) is 1. The predicted molar refractivity (Wildman–Crippen MR) is 92.2 cm³/mol. The summed E-state index contributed by atoms with van der Waals surface area (Å²) in [6.07, 6.45) is 0. The minimum Gasteiger partial charge on any atom is -0.480 e. The highest BCUT2D eigenvalue weighted by atomic mass is 16.4. The zero-order valence-corrected chi connectivity index (χ0v) is 14.3. The van der Waals surface area contributed by atoms with E-state index in [4.69, 9.17) is 26.2 Å². The molecule has 1 atom stereocenters. The lowest BCUT2D eigenvalue weighted by Crippen LogP contribution is -2.45. The van der Waals surface area contributed by atoms with Crippen LogP contribution in [-0.4, -0.2) is 86.8 Å². The number of carboxylic acid groups (broad SMARTS) is 4. The second-order valence-electron chi connectivity index (χ2n) is 5.83. The van der Waals surface area contributed by atoms with Crippen molar-refractivity contribution in [2.45, 2.75) is 6.04 Å². The Bertz CT molecular complexity index is 659. The molecule has 11 nitrogen and oxygen atoms in total. The Morgan fingerprint density at radius 3 is 1.56 bits per heavy atom. The van der Waals surface area contributed by atoms with E-state index in [1.165, 1.54) is 12.1 Å². The average molecular weight is 383 g/mol. The smallest absolute Gasteiger partial charge is 0.317 e. The van der Waals surface area contributed by atoms with Gasteiger partial charge in [-0.05, 0) is 17.7 Å². The van der Waals surface area contributed by atoms with Crippen LogP contribution in [-0.2, 0) is 19.2 Å². The van der Waals surface area contributed by atoms with Crippen LogP contribution in [0.4, 0.5) is 5.69 Å². The summed E-state index contributed by atoms with van der Waals surface area (Å²) in [5.41, 5.74) is 6.53. The zero-order chi connectivity index (χ0) is 20.6. The van der Waals surface area contributed by atoms with Crippen molar-refractivity contribution >= 4 is 29.6 Å². The van der Waals surface area contributed by atoms with E-state index in [1.807, 2.05) is 0 Å². The molecule has 1 aromatic carbocycles. The molecular weight excluding hydrogens is 362 g/mol. The average Bonchev–Trinajstić information content (AvgIpc) is 2.50. The number of hydrogen-bond donors (Lipinski definition) is 5. The molecule has 0 saturated heterocycles. The number of nitrogens with zero attached hydrogens (tertiary/aromatic N) is 2. The number of hydrogen-bond acceptors (Lipinski definition) is 7.